The second-order valence-corrected chi connectivity index (χ2v) is 3.69. The molecule has 0 amide bonds. The molecule has 0 radical (unpaired) electrons. The average molecular weight is 186 g/mol. The molecule has 0 aliphatic heterocycles. The van der Waals surface area contributed by atoms with Crippen molar-refractivity contribution in [3.05, 3.63) is 0 Å². The topological polar surface area (TPSA) is 24.7 Å². The lowest BCUT2D eigenvalue weighted by molar-refractivity contribution is 0.595. The van der Waals surface area contributed by atoms with Crippen molar-refractivity contribution in [2.24, 2.45) is 10.2 Å². The van der Waals surface area contributed by atoms with Gasteiger partial charge in [0, 0.05) is 12.8 Å². The summed E-state index contributed by atoms with van der Waals surface area (Å²) in [6.07, 6.45) is 6.50. The summed E-state index contributed by atoms with van der Waals surface area (Å²) in [6.45, 7) is 0. The van der Waals surface area contributed by atoms with E-state index in [0.717, 1.165) is 38.5 Å². The average Bonchev–Trinajstić information content (AvgIpc) is 2.29. The van der Waals surface area contributed by atoms with Crippen LogP contribution in [-0.2, 0) is 0 Å². The molecule has 0 heterocycles. The molecule has 0 aromatic carbocycles. The van der Waals surface area contributed by atoms with E-state index in [1.165, 1.54) is 0 Å². The lowest BCUT2D eigenvalue weighted by Gasteiger charge is -2.09. The summed E-state index contributed by atoms with van der Waals surface area (Å²) in [7, 11) is 0. The molecule has 2 aliphatic carbocycles. The molecule has 0 bridgehead atoms. The van der Waals surface area contributed by atoms with Crippen LogP contribution in [0.4, 0.5) is 0 Å². The van der Waals surface area contributed by atoms with Crippen LogP contribution in [0.25, 0.3) is 0 Å². The van der Waals surface area contributed by atoms with Crippen LogP contribution in [0.5, 0.6) is 0 Å². The van der Waals surface area contributed by atoms with Gasteiger partial charge in [-0.05, 0) is 25.7 Å². The van der Waals surface area contributed by atoms with Crippen molar-refractivity contribution in [3.8, 4) is 23.7 Å². The molecule has 2 atom stereocenters. The fraction of sp³-hybridized carbons (Fsp3) is 0.667. The molecular weight excluding hydrogens is 172 g/mol. The maximum absolute atomic E-state index is 4.26. The Bertz CT molecular complexity index is 301. The van der Waals surface area contributed by atoms with Gasteiger partial charge in [0.1, 0.15) is 12.1 Å². The predicted molar refractivity (Wildman–Crippen MR) is 55.7 cm³/mol. The molecular formula is C12H14N2. The molecule has 2 rings (SSSR count). The van der Waals surface area contributed by atoms with E-state index in [9.17, 15) is 0 Å². The van der Waals surface area contributed by atoms with Gasteiger partial charge in [0.15, 0.2) is 0 Å². The molecule has 0 fully saturated rings. The molecule has 0 aromatic rings. The zero-order valence-electron chi connectivity index (χ0n) is 8.29. The van der Waals surface area contributed by atoms with Gasteiger partial charge in [-0.2, -0.15) is 10.2 Å². The number of hydrogen-bond acceptors (Lipinski definition) is 2. The van der Waals surface area contributed by atoms with Gasteiger partial charge < -0.3 is 0 Å². The van der Waals surface area contributed by atoms with E-state index in [1.54, 1.807) is 0 Å². The molecule has 0 aromatic heterocycles. The van der Waals surface area contributed by atoms with Gasteiger partial charge in [0.2, 0.25) is 0 Å². The Hall–Kier alpha value is -1.28. The van der Waals surface area contributed by atoms with E-state index in [2.05, 4.69) is 33.9 Å². The summed E-state index contributed by atoms with van der Waals surface area (Å²) in [5, 5.41) is 8.51. The van der Waals surface area contributed by atoms with Crippen molar-refractivity contribution >= 4 is 0 Å². The van der Waals surface area contributed by atoms with E-state index >= 15 is 0 Å². The highest BCUT2D eigenvalue weighted by Crippen LogP contribution is 2.12. The Kier molecular flexibility index (Phi) is 3.19. The molecule has 2 heteroatoms. The highest BCUT2D eigenvalue weighted by Gasteiger charge is 2.09. The minimum absolute atomic E-state index is 0.146. The minimum atomic E-state index is 0.146. The molecule has 72 valence electrons. The Morgan fingerprint density at radius 3 is 1.64 bits per heavy atom. The Labute approximate surface area is 85.2 Å². The lowest BCUT2D eigenvalue weighted by atomic mass is 10.1. The summed E-state index contributed by atoms with van der Waals surface area (Å²) < 4.78 is 0. The first-order chi connectivity index (χ1) is 6.95. The van der Waals surface area contributed by atoms with Crippen molar-refractivity contribution in [2.45, 2.75) is 50.6 Å². The van der Waals surface area contributed by atoms with Gasteiger partial charge in [0.05, 0.1) is 0 Å². The van der Waals surface area contributed by atoms with E-state index in [-0.39, 0.29) is 12.1 Å². The zero-order chi connectivity index (χ0) is 9.64. The monoisotopic (exact) mass is 186 g/mol. The second kappa shape index (κ2) is 4.82. The number of azo groups is 1. The van der Waals surface area contributed by atoms with Crippen LogP contribution in [0, 0.1) is 23.7 Å². The SMILES string of the molecule is C1#CC(N=NC2C#CCCC2)CCC1. The molecule has 2 aliphatic rings. The first-order valence-corrected chi connectivity index (χ1v) is 5.32. The van der Waals surface area contributed by atoms with Crippen LogP contribution in [0.3, 0.4) is 0 Å². The molecule has 0 saturated carbocycles. The summed E-state index contributed by atoms with van der Waals surface area (Å²) in [5.74, 6) is 12.4. The first-order valence-electron chi connectivity index (χ1n) is 5.32. The van der Waals surface area contributed by atoms with Gasteiger partial charge in [0.25, 0.3) is 0 Å². The molecule has 2 nitrogen and oxygen atoms in total. The highest BCUT2D eigenvalue weighted by molar-refractivity contribution is 5.13. The van der Waals surface area contributed by atoms with Crippen molar-refractivity contribution < 1.29 is 0 Å². The van der Waals surface area contributed by atoms with Crippen molar-refractivity contribution in [1.82, 2.24) is 0 Å². The maximum atomic E-state index is 4.26. The molecule has 14 heavy (non-hydrogen) atoms. The number of hydrogen-bond donors (Lipinski definition) is 0. The van der Waals surface area contributed by atoms with Crippen LogP contribution >= 0.6 is 0 Å². The van der Waals surface area contributed by atoms with Crippen molar-refractivity contribution in [2.75, 3.05) is 0 Å². The third-order valence-electron chi connectivity index (χ3n) is 2.44. The summed E-state index contributed by atoms with van der Waals surface area (Å²) in [5.41, 5.74) is 0. The molecule has 0 saturated heterocycles. The van der Waals surface area contributed by atoms with E-state index < -0.39 is 0 Å². The molecule has 2 unspecified atom stereocenters. The van der Waals surface area contributed by atoms with E-state index in [4.69, 9.17) is 0 Å². The van der Waals surface area contributed by atoms with Crippen LogP contribution in [0.1, 0.15) is 38.5 Å². The Balaban J connectivity index is 1.90. The van der Waals surface area contributed by atoms with E-state index in [1.807, 2.05) is 0 Å². The third kappa shape index (κ3) is 2.60. The normalized spacial score (nSPS) is 30.3. The van der Waals surface area contributed by atoms with Crippen LogP contribution in [0.15, 0.2) is 10.2 Å². The maximum Gasteiger partial charge on any atom is 0.131 e. The fourth-order valence-electron chi connectivity index (χ4n) is 1.63. The fourth-order valence-corrected chi connectivity index (χ4v) is 1.63. The quantitative estimate of drug-likeness (QED) is 0.467. The van der Waals surface area contributed by atoms with Crippen LogP contribution in [0.2, 0.25) is 0 Å². The Morgan fingerprint density at radius 2 is 1.29 bits per heavy atom. The standard InChI is InChI=1S/C12H14N2/c1-3-7-11(8-4-1)13-14-12-9-5-2-6-10-12/h11-12H,1-3,5,7,9H2. The van der Waals surface area contributed by atoms with Gasteiger partial charge in [-0.25, -0.2) is 0 Å². The van der Waals surface area contributed by atoms with E-state index in [0.29, 0.717) is 0 Å². The van der Waals surface area contributed by atoms with Gasteiger partial charge in [-0.15, -0.1) is 11.8 Å². The van der Waals surface area contributed by atoms with Crippen LogP contribution in [-0.4, -0.2) is 12.1 Å². The zero-order valence-corrected chi connectivity index (χ0v) is 8.29. The van der Waals surface area contributed by atoms with Crippen molar-refractivity contribution in [3.63, 3.8) is 0 Å². The number of nitrogens with zero attached hydrogens (tertiary/aromatic N) is 2. The van der Waals surface area contributed by atoms with Gasteiger partial charge in [-0.3, -0.25) is 0 Å². The van der Waals surface area contributed by atoms with Crippen molar-refractivity contribution in [1.29, 1.82) is 0 Å². The number of rotatable bonds is 2. The third-order valence-corrected chi connectivity index (χ3v) is 2.44. The molecule has 0 spiro atoms. The smallest absolute Gasteiger partial charge is 0.131 e. The summed E-state index contributed by atoms with van der Waals surface area (Å²) in [6, 6.07) is 0.292. The molecule has 0 N–H and O–H groups in total. The first kappa shape index (κ1) is 9.28. The van der Waals surface area contributed by atoms with Gasteiger partial charge >= 0.3 is 0 Å². The minimum Gasteiger partial charge on any atom is -0.176 e. The van der Waals surface area contributed by atoms with Gasteiger partial charge in [-0.1, -0.05) is 11.8 Å². The second-order valence-electron chi connectivity index (χ2n) is 3.69. The summed E-state index contributed by atoms with van der Waals surface area (Å²) >= 11 is 0. The largest absolute Gasteiger partial charge is 0.176 e. The predicted octanol–water partition coefficient (Wildman–Crippen LogP) is 2.55. The lowest BCUT2D eigenvalue weighted by Crippen LogP contribution is -2.08. The van der Waals surface area contributed by atoms with Crippen LogP contribution < -0.4 is 0 Å². The summed E-state index contributed by atoms with van der Waals surface area (Å²) in [4.78, 5) is 0. The highest BCUT2D eigenvalue weighted by atomic mass is 15.1. The Morgan fingerprint density at radius 1 is 0.786 bits per heavy atom.